The van der Waals surface area contributed by atoms with Crippen LogP contribution in [0.4, 0.5) is 0 Å². The lowest BCUT2D eigenvalue weighted by Gasteiger charge is -2.37. The third-order valence-corrected chi connectivity index (χ3v) is 6.62. The smallest absolute Gasteiger partial charge is 0.331 e. The molecule has 0 N–H and O–H groups in total. The van der Waals surface area contributed by atoms with Gasteiger partial charge in [-0.2, -0.15) is 0 Å². The number of ether oxygens (including phenoxy) is 1. The minimum Gasteiger partial charge on any atom is -0.425 e. The first-order valence-electron chi connectivity index (χ1n) is 8.54. The molecular formula is C19H16BrNO4. The zero-order chi connectivity index (χ0) is 17.3. The molecule has 3 fully saturated rings. The number of hydrogen-bond acceptors (Lipinski definition) is 4. The average molecular weight is 402 g/mol. The summed E-state index contributed by atoms with van der Waals surface area (Å²) < 4.78 is 6.14. The Morgan fingerprint density at radius 2 is 1.60 bits per heavy atom. The first-order chi connectivity index (χ1) is 12.0. The predicted molar refractivity (Wildman–Crippen MR) is 91.2 cm³/mol. The van der Waals surface area contributed by atoms with E-state index in [9.17, 15) is 14.4 Å². The van der Waals surface area contributed by atoms with E-state index in [1.807, 2.05) is 0 Å². The van der Waals surface area contributed by atoms with Crippen LogP contribution in [0.2, 0.25) is 0 Å². The molecule has 1 aromatic rings. The maximum atomic E-state index is 12.8. The van der Waals surface area contributed by atoms with Gasteiger partial charge in [-0.25, -0.2) is 4.79 Å². The van der Waals surface area contributed by atoms with Gasteiger partial charge in [-0.3, -0.25) is 14.5 Å². The highest BCUT2D eigenvalue weighted by atomic mass is 79.9. The summed E-state index contributed by atoms with van der Waals surface area (Å²) in [7, 11) is 0. The van der Waals surface area contributed by atoms with E-state index in [1.54, 1.807) is 24.3 Å². The number of imide groups is 1. The normalized spacial score (nSPS) is 37.1. The number of carbonyl (C=O) groups is 3. The van der Waals surface area contributed by atoms with Crippen LogP contribution in [0.1, 0.15) is 6.42 Å². The molecule has 4 aliphatic carbocycles. The molecule has 1 aliphatic heterocycles. The molecule has 5 aliphatic rings. The third kappa shape index (κ3) is 2.23. The standard InChI is InChI=1S/C19H16BrNO4/c20-9-1-3-10(4-2-9)25-15(22)8-21-18(23)16-11-5-6-12(14-7-13(11)14)17(16)19(21)24/h1-6,11-14,16-17H,7-8H2/t11-,12-,13-,14+,16-,17+/m0/s1. The van der Waals surface area contributed by atoms with Crippen molar-refractivity contribution in [3.8, 4) is 5.75 Å². The summed E-state index contributed by atoms with van der Waals surface area (Å²) in [6.45, 7) is -0.310. The Balaban J connectivity index is 1.32. The largest absolute Gasteiger partial charge is 0.425 e. The second-order valence-corrected chi connectivity index (χ2v) is 8.26. The van der Waals surface area contributed by atoms with Gasteiger partial charge in [0, 0.05) is 4.47 Å². The van der Waals surface area contributed by atoms with Crippen LogP contribution in [0.25, 0.3) is 0 Å². The van der Waals surface area contributed by atoms with Gasteiger partial charge in [0.1, 0.15) is 12.3 Å². The highest BCUT2D eigenvalue weighted by Gasteiger charge is 2.67. The maximum absolute atomic E-state index is 12.8. The van der Waals surface area contributed by atoms with Gasteiger partial charge >= 0.3 is 5.97 Å². The molecule has 2 amide bonds. The molecule has 6 rings (SSSR count). The number of esters is 1. The molecule has 5 nitrogen and oxygen atoms in total. The lowest BCUT2D eigenvalue weighted by atomic mass is 9.63. The van der Waals surface area contributed by atoms with Gasteiger partial charge < -0.3 is 4.74 Å². The molecule has 1 heterocycles. The van der Waals surface area contributed by atoms with Crippen molar-refractivity contribution in [2.75, 3.05) is 6.54 Å². The van der Waals surface area contributed by atoms with Gasteiger partial charge in [0.2, 0.25) is 11.8 Å². The van der Waals surface area contributed by atoms with Crippen molar-refractivity contribution >= 4 is 33.7 Å². The number of nitrogens with zero attached hydrogens (tertiary/aromatic N) is 1. The van der Waals surface area contributed by atoms with E-state index >= 15 is 0 Å². The van der Waals surface area contributed by atoms with Crippen molar-refractivity contribution < 1.29 is 19.1 Å². The Labute approximate surface area is 153 Å². The van der Waals surface area contributed by atoms with Crippen molar-refractivity contribution in [3.05, 3.63) is 40.9 Å². The lowest BCUT2D eigenvalue weighted by molar-refractivity contribution is -0.148. The number of amides is 2. The molecule has 0 radical (unpaired) electrons. The number of hydrogen-bond donors (Lipinski definition) is 0. The lowest BCUT2D eigenvalue weighted by Crippen LogP contribution is -2.40. The highest BCUT2D eigenvalue weighted by Crippen LogP contribution is 2.65. The van der Waals surface area contributed by atoms with Crippen LogP contribution in [0.15, 0.2) is 40.9 Å². The summed E-state index contributed by atoms with van der Waals surface area (Å²) in [5.41, 5.74) is 0. The third-order valence-electron chi connectivity index (χ3n) is 6.09. The molecule has 128 valence electrons. The minimum absolute atomic E-state index is 0.170. The fraction of sp³-hybridized carbons (Fsp3) is 0.421. The second kappa shape index (κ2) is 5.27. The molecule has 6 atom stereocenters. The molecule has 0 unspecified atom stereocenters. The van der Waals surface area contributed by atoms with E-state index < -0.39 is 5.97 Å². The van der Waals surface area contributed by atoms with Crippen LogP contribution in [-0.4, -0.2) is 29.2 Å². The summed E-state index contributed by atoms with van der Waals surface area (Å²) in [6.07, 6.45) is 5.37. The number of carbonyl (C=O) groups excluding carboxylic acids is 3. The molecule has 0 spiro atoms. The molecule has 25 heavy (non-hydrogen) atoms. The zero-order valence-electron chi connectivity index (χ0n) is 13.3. The minimum atomic E-state index is -0.590. The number of likely N-dealkylation sites (tertiary alicyclic amines) is 1. The van der Waals surface area contributed by atoms with Crippen molar-refractivity contribution in [2.45, 2.75) is 6.42 Å². The molecule has 1 aromatic carbocycles. The van der Waals surface area contributed by atoms with E-state index in [0.29, 0.717) is 17.6 Å². The van der Waals surface area contributed by atoms with Crippen LogP contribution in [0.3, 0.4) is 0 Å². The van der Waals surface area contributed by atoms with E-state index in [-0.39, 0.29) is 42.0 Å². The van der Waals surface area contributed by atoms with Crippen molar-refractivity contribution in [1.29, 1.82) is 0 Å². The fourth-order valence-corrected chi connectivity index (χ4v) is 5.23. The van der Waals surface area contributed by atoms with E-state index in [2.05, 4.69) is 28.1 Å². The topological polar surface area (TPSA) is 63.7 Å². The zero-order valence-corrected chi connectivity index (χ0v) is 14.9. The maximum Gasteiger partial charge on any atom is 0.331 e. The van der Waals surface area contributed by atoms with Gasteiger partial charge in [0.05, 0.1) is 11.8 Å². The van der Waals surface area contributed by atoms with Gasteiger partial charge in [-0.15, -0.1) is 0 Å². The Morgan fingerprint density at radius 3 is 2.16 bits per heavy atom. The number of rotatable bonds is 3. The molecule has 6 heteroatoms. The van der Waals surface area contributed by atoms with Crippen molar-refractivity contribution in [3.63, 3.8) is 0 Å². The van der Waals surface area contributed by atoms with Gasteiger partial charge in [-0.1, -0.05) is 28.1 Å². The molecule has 2 bridgehead atoms. The summed E-state index contributed by atoms with van der Waals surface area (Å²) >= 11 is 3.31. The Hall–Kier alpha value is -1.95. The molecular weight excluding hydrogens is 386 g/mol. The first-order valence-corrected chi connectivity index (χ1v) is 9.33. The predicted octanol–water partition coefficient (Wildman–Crippen LogP) is 2.41. The monoisotopic (exact) mass is 401 g/mol. The molecule has 2 saturated carbocycles. The van der Waals surface area contributed by atoms with Gasteiger partial charge in [0.25, 0.3) is 0 Å². The summed E-state index contributed by atoms with van der Waals surface area (Å²) in [6, 6.07) is 6.85. The van der Waals surface area contributed by atoms with Crippen LogP contribution in [0, 0.1) is 35.5 Å². The van der Waals surface area contributed by atoms with Crippen molar-refractivity contribution in [2.24, 2.45) is 35.5 Å². The van der Waals surface area contributed by atoms with Crippen LogP contribution < -0.4 is 4.74 Å². The Kier molecular flexibility index (Phi) is 3.23. The van der Waals surface area contributed by atoms with E-state index in [4.69, 9.17) is 4.74 Å². The molecule has 0 aromatic heterocycles. The SMILES string of the molecule is O=C(CN1C(=O)[C@@H]2[C@H]3C=C[C@@H]([C@@H]4C[C@H]34)[C@@H]2C1=O)Oc1ccc(Br)cc1. The fourth-order valence-electron chi connectivity index (χ4n) is 4.97. The van der Waals surface area contributed by atoms with Crippen LogP contribution >= 0.6 is 15.9 Å². The number of allylic oxidation sites excluding steroid dienone is 2. The quantitative estimate of drug-likeness (QED) is 0.337. The highest BCUT2D eigenvalue weighted by molar-refractivity contribution is 9.10. The average Bonchev–Trinajstić information content (AvgIpc) is 3.38. The summed E-state index contributed by atoms with van der Waals surface area (Å²) in [5, 5.41) is 0. The summed E-state index contributed by atoms with van der Waals surface area (Å²) in [4.78, 5) is 38.9. The second-order valence-electron chi connectivity index (χ2n) is 7.35. The number of halogens is 1. The first kappa shape index (κ1) is 15.3. The Bertz CT molecular complexity index is 781. The number of benzene rings is 1. The molecule has 1 saturated heterocycles. The Morgan fingerprint density at radius 1 is 1.04 bits per heavy atom. The van der Waals surface area contributed by atoms with Crippen molar-refractivity contribution in [1.82, 2.24) is 4.90 Å². The van der Waals surface area contributed by atoms with Crippen LogP contribution in [-0.2, 0) is 14.4 Å². The summed E-state index contributed by atoms with van der Waals surface area (Å²) in [5.74, 6) is 0.317. The van der Waals surface area contributed by atoms with Gasteiger partial charge in [0.15, 0.2) is 0 Å². The van der Waals surface area contributed by atoms with E-state index in [1.165, 1.54) is 0 Å². The van der Waals surface area contributed by atoms with Gasteiger partial charge in [-0.05, 0) is 54.4 Å². The van der Waals surface area contributed by atoms with Crippen LogP contribution in [0.5, 0.6) is 5.75 Å². The van der Waals surface area contributed by atoms with E-state index in [0.717, 1.165) is 15.8 Å².